The smallest absolute Gasteiger partial charge is 0.0622 e. The highest BCUT2D eigenvalue weighted by molar-refractivity contribution is 5.22. The monoisotopic (exact) mass is 248 g/mol. The topological polar surface area (TPSA) is 38.5 Å². The van der Waals surface area contributed by atoms with Crippen LogP contribution >= 0.6 is 0 Å². The van der Waals surface area contributed by atoms with Gasteiger partial charge in [0.2, 0.25) is 0 Å². The molecule has 0 bridgehead atoms. The first kappa shape index (κ1) is 13.5. The van der Waals surface area contributed by atoms with Gasteiger partial charge in [0, 0.05) is 19.1 Å². The predicted octanol–water partition coefficient (Wildman–Crippen LogP) is 1.80. The summed E-state index contributed by atoms with van der Waals surface area (Å²) >= 11 is 0. The minimum Gasteiger partial charge on any atom is -0.378 e. The average molecular weight is 248 g/mol. The fraction of sp³-hybridized carbons (Fsp3) is 0.600. The van der Waals surface area contributed by atoms with E-state index in [0.29, 0.717) is 6.04 Å². The van der Waals surface area contributed by atoms with E-state index in [-0.39, 0.29) is 0 Å². The first-order chi connectivity index (χ1) is 8.83. The Bertz CT molecular complexity index is 350. The number of ether oxygens (including phenoxy) is 1. The van der Waals surface area contributed by atoms with E-state index < -0.39 is 0 Å². The van der Waals surface area contributed by atoms with Crippen molar-refractivity contribution in [2.24, 2.45) is 5.73 Å². The predicted molar refractivity (Wildman–Crippen MR) is 74.5 cm³/mol. The molecule has 0 spiro atoms. The van der Waals surface area contributed by atoms with Crippen molar-refractivity contribution in [2.45, 2.75) is 32.4 Å². The lowest BCUT2D eigenvalue weighted by Gasteiger charge is -2.35. The van der Waals surface area contributed by atoms with Crippen LogP contribution < -0.4 is 5.73 Å². The maximum Gasteiger partial charge on any atom is 0.0622 e. The minimum absolute atomic E-state index is 0.572. The van der Waals surface area contributed by atoms with Crippen LogP contribution in [0, 0.1) is 0 Å². The molecule has 2 rings (SSSR count). The Hall–Kier alpha value is -0.900. The number of nitrogens with two attached hydrogens (primary N) is 1. The maximum atomic E-state index is 5.56. The van der Waals surface area contributed by atoms with Gasteiger partial charge >= 0.3 is 0 Å². The minimum atomic E-state index is 0.572. The molecule has 0 aromatic heterocycles. The molecule has 1 heterocycles. The molecule has 3 nitrogen and oxygen atoms in total. The van der Waals surface area contributed by atoms with Crippen LogP contribution in [0.3, 0.4) is 0 Å². The molecule has 0 aliphatic carbocycles. The summed E-state index contributed by atoms with van der Waals surface area (Å²) in [6.45, 7) is 6.77. The van der Waals surface area contributed by atoms with E-state index in [4.69, 9.17) is 10.5 Å². The van der Waals surface area contributed by atoms with Gasteiger partial charge < -0.3 is 10.5 Å². The maximum absolute atomic E-state index is 5.56. The van der Waals surface area contributed by atoms with Crippen LogP contribution in [0.5, 0.6) is 0 Å². The first-order valence-corrected chi connectivity index (χ1v) is 6.93. The van der Waals surface area contributed by atoms with Gasteiger partial charge in [-0.15, -0.1) is 0 Å². The van der Waals surface area contributed by atoms with E-state index in [0.717, 1.165) is 45.7 Å². The van der Waals surface area contributed by atoms with Crippen LogP contribution in [0.15, 0.2) is 24.3 Å². The van der Waals surface area contributed by atoms with Crippen molar-refractivity contribution < 1.29 is 4.74 Å². The number of rotatable bonds is 5. The summed E-state index contributed by atoms with van der Waals surface area (Å²) in [4.78, 5) is 2.53. The molecule has 3 heteroatoms. The van der Waals surface area contributed by atoms with Gasteiger partial charge in [-0.1, -0.05) is 31.2 Å². The van der Waals surface area contributed by atoms with Gasteiger partial charge in [0.05, 0.1) is 13.2 Å². The molecule has 1 aromatic carbocycles. The lowest BCUT2D eigenvalue weighted by molar-refractivity contribution is -0.0127. The van der Waals surface area contributed by atoms with Crippen molar-refractivity contribution in [2.75, 3.05) is 26.3 Å². The molecule has 1 atom stereocenters. The molecular weight excluding hydrogens is 224 g/mol. The summed E-state index contributed by atoms with van der Waals surface area (Å²) in [6, 6.07) is 9.43. The van der Waals surface area contributed by atoms with Crippen molar-refractivity contribution in [3.63, 3.8) is 0 Å². The number of hydrogen-bond donors (Lipinski definition) is 1. The summed E-state index contributed by atoms with van der Waals surface area (Å²) in [5, 5.41) is 0. The number of nitrogens with zero attached hydrogens (tertiary/aromatic N) is 1. The van der Waals surface area contributed by atoms with E-state index in [1.807, 2.05) is 0 Å². The van der Waals surface area contributed by atoms with Crippen molar-refractivity contribution in [1.82, 2.24) is 4.90 Å². The van der Waals surface area contributed by atoms with E-state index in [2.05, 4.69) is 36.1 Å². The van der Waals surface area contributed by atoms with Gasteiger partial charge in [-0.3, -0.25) is 4.90 Å². The lowest BCUT2D eigenvalue weighted by Crippen LogP contribution is -2.44. The van der Waals surface area contributed by atoms with Gasteiger partial charge in [0.25, 0.3) is 0 Å². The Kier molecular flexibility index (Phi) is 5.17. The molecule has 1 saturated heterocycles. The molecule has 0 radical (unpaired) electrons. The molecule has 1 aromatic rings. The summed E-state index contributed by atoms with van der Waals surface area (Å²) in [6.07, 6.45) is 2.13. The Morgan fingerprint density at radius 3 is 2.67 bits per heavy atom. The second-order valence-corrected chi connectivity index (χ2v) is 4.96. The number of benzene rings is 1. The van der Waals surface area contributed by atoms with Gasteiger partial charge in [0.1, 0.15) is 0 Å². The van der Waals surface area contributed by atoms with Crippen LogP contribution in [0.4, 0.5) is 0 Å². The second kappa shape index (κ2) is 6.88. The molecule has 1 aliphatic heterocycles. The summed E-state index contributed by atoms with van der Waals surface area (Å²) in [5.74, 6) is 0. The van der Waals surface area contributed by atoms with Gasteiger partial charge in [-0.05, 0) is 30.5 Å². The summed E-state index contributed by atoms with van der Waals surface area (Å²) in [5.41, 5.74) is 8.28. The zero-order valence-corrected chi connectivity index (χ0v) is 11.3. The zero-order valence-electron chi connectivity index (χ0n) is 11.3. The van der Waals surface area contributed by atoms with Crippen LogP contribution in [0.1, 0.15) is 24.5 Å². The molecular formula is C15H24N2O. The lowest BCUT2D eigenvalue weighted by atomic mass is 10.1. The molecule has 18 heavy (non-hydrogen) atoms. The first-order valence-electron chi connectivity index (χ1n) is 6.93. The normalized spacial score (nSPS) is 21.1. The van der Waals surface area contributed by atoms with E-state index in [9.17, 15) is 0 Å². The Balaban J connectivity index is 1.95. The third-order valence-electron chi connectivity index (χ3n) is 3.66. The highest BCUT2D eigenvalue weighted by Crippen LogP contribution is 2.15. The van der Waals surface area contributed by atoms with Crippen molar-refractivity contribution in [3.05, 3.63) is 35.4 Å². The van der Waals surface area contributed by atoms with Crippen LogP contribution in [0.25, 0.3) is 0 Å². The second-order valence-electron chi connectivity index (χ2n) is 4.96. The van der Waals surface area contributed by atoms with Crippen molar-refractivity contribution in [1.29, 1.82) is 0 Å². The molecule has 100 valence electrons. The van der Waals surface area contributed by atoms with Gasteiger partial charge in [0.15, 0.2) is 0 Å². The third kappa shape index (κ3) is 3.55. The molecule has 0 amide bonds. The summed E-state index contributed by atoms with van der Waals surface area (Å²) in [7, 11) is 0. The molecule has 1 aliphatic rings. The highest BCUT2D eigenvalue weighted by atomic mass is 16.5. The van der Waals surface area contributed by atoms with E-state index >= 15 is 0 Å². The van der Waals surface area contributed by atoms with Gasteiger partial charge in [-0.2, -0.15) is 0 Å². The molecule has 2 N–H and O–H groups in total. The van der Waals surface area contributed by atoms with Crippen LogP contribution in [-0.2, 0) is 17.7 Å². The average Bonchev–Trinajstić information content (AvgIpc) is 2.42. The van der Waals surface area contributed by atoms with Crippen LogP contribution in [-0.4, -0.2) is 37.2 Å². The third-order valence-corrected chi connectivity index (χ3v) is 3.66. The molecule has 1 unspecified atom stereocenters. The van der Waals surface area contributed by atoms with Crippen molar-refractivity contribution >= 4 is 0 Å². The standard InChI is InChI=1S/C15H24N2O/c1-2-15-12-18-10-9-17(15)11-14-5-3-13(4-6-14)7-8-16/h3-6,15H,2,7-12,16H2,1H3. The van der Waals surface area contributed by atoms with Gasteiger partial charge in [-0.25, -0.2) is 0 Å². The van der Waals surface area contributed by atoms with Crippen LogP contribution in [0.2, 0.25) is 0 Å². The van der Waals surface area contributed by atoms with Crippen molar-refractivity contribution in [3.8, 4) is 0 Å². The SMILES string of the molecule is CCC1COCCN1Cc1ccc(CCN)cc1. The Labute approximate surface area is 110 Å². The number of hydrogen-bond acceptors (Lipinski definition) is 3. The molecule has 1 fully saturated rings. The Morgan fingerprint density at radius 1 is 1.28 bits per heavy atom. The fourth-order valence-electron chi connectivity index (χ4n) is 2.49. The highest BCUT2D eigenvalue weighted by Gasteiger charge is 2.20. The number of morpholine rings is 1. The van der Waals surface area contributed by atoms with E-state index in [1.165, 1.54) is 11.1 Å². The Morgan fingerprint density at radius 2 is 2.00 bits per heavy atom. The quantitative estimate of drug-likeness (QED) is 0.863. The zero-order chi connectivity index (χ0) is 12.8. The summed E-state index contributed by atoms with van der Waals surface area (Å²) < 4.78 is 5.54. The fourth-order valence-corrected chi connectivity index (χ4v) is 2.49. The largest absolute Gasteiger partial charge is 0.378 e. The van der Waals surface area contributed by atoms with E-state index in [1.54, 1.807) is 0 Å². The molecule has 0 saturated carbocycles.